The molecule has 0 spiro atoms. The third-order valence-corrected chi connectivity index (χ3v) is 4.52. The van der Waals surface area contributed by atoms with E-state index in [0.29, 0.717) is 37.5 Å². The predicted molar refractivity (Wildman–Crippen MR) is 97.6 cm³/mol. The van der Waals surface area contributed by atoms with E-state index in [-0.39, 0.29) is 35.1 Å². The number of aromatic nitrogens is 2. The molecule has 0 unspecified atom stereocenters. The minimum absolute atomic E-state index is 0. The number of nitrogens with one attached hydrogen (secondary N) is 1. The van der Waals surface area contributed by atoms with Gasteiger partial charge in [-0.15, -0.1) is 12.4 Å². The molecule has 9 heteroatoms. The molecule has 2 N–H and O–H groups in total. The van der Waals surface area contributed by atoms with E-state index in [2.05, 4.69) is 10.4 Å². The lowest BCUT2D eigenvalue weighted by atomic mass is 9.95. The quantitative estimate of drug-likeness (QED) is 0.819. The van der Waals surface area contributed by atoms with Crippen LogP contribution < -0.4 is 5.32 Å². The van der Waals surface area contributed by atoms with Crippen LogP contribution in [0.5, 0.6) is 0 Å². The van der Waals surface area contributed by atoms with Crippen LogP contribution in [0.1, 0.15) is 27.8 Å². The van der Waals surface area contributed by atoms with Gasteiger partial charge in [-0.3, -0.25) is 4.68 Å². The Labute approximate surface area is 161 Å². The van der Waals surface area contributed by atoms with Crippen molar-refractivity contribution in [2.24, 2.45) is 5.92 Å². The van der Waals surface area contributed by atoms with Crippen LogP contribution >= 0.6 is 24.0 Å². The molecule has 0 radical (unpaired) electrons. The van der Waals surface area contributed by atoms with Crippen molar-refractivity contribution in [2.75, 3.05) is 19.7 Å². The first-order valence-electron chi connectivity index (χ1n) is 8.00. The summed E-state index contributed by atoms with van der Waals surface area (Å²) in [7, 11) is 0. The lowest BCUT2D eigenvalue weighted by Gasteiger charge is -2.25. The average Bonchev–Trinajstić information content (AvgIpc) is 2.78. The van der Waals surface area contributed by atoms with Crippen LogP contribution in [-0.2, 0) is 11.3 Å². The maximum absolute atomic E-state index is 13.9. The molecule has 0 aliphatic carbocycles. The van der Waals surface area contributed by atoms with E-state index in [4.69, 9.17) is 16.3 Å². The molecule has 6 nitrogen and oxygen atoms in total. The second-order valence-electron chi connectivity index (χ2n) is 6.09. The van der Waals surface area contributed by atoms with E-state index in [9.17, 15) is 14.3 Å². The van der Waals surface area contributed by atoms with Gasteiger partial charge in [0, 0.05) is 25.6 Å². The van der Waals surface area contributed by atoms with Gasteiger partial charge in [0.05, 0.1) is 23.4 Å². The molecule has 2 atom stereocenters. The molecule has 1 aliphatic rings. The molecule has 1 fully saturated rings. The predicted octanol–water partition coefficient (Wildman–Crippen LogP) is 3.08. The second kappa shape index (κ2) is 8.81. The van der Waals surface area contributed by atoms with Crippen LogP contribution in [0.25, 0.3) is 0 Å². The summed E-state index contributed by atoms with van der Waals surface area (Å²) in [6.07, 6.45) is -0.382. The van der Waals surface area contributed by atoms with E-state index in [1.807, 2.05) is 0 Å². The van der Waals surface area contributed by atoms with Crippen molar-refractivity contribution in [2.45, 2.75) is 19.6 Å². The topological polar surface area (TPSA) is 76.4 Å². The lowest BCUT2D eigenvalue weighted by Crippen LogP contribution is -2.29. The van der Waals surface area contributed by atoms with Gasteiger partial charge in [-0.1, -0.05) is 17.7 Å². The van der Waals surface area contributed by atoms with Crippen molar-refractivity contribution in [3.05, 3.63) is 52.1 Å². The van der Waals surface area contributed by atoms with E-state index >= 15 is 0 Å². The van der Waals surface area contributed by atoms with Crippen molar-refractivity contribution < 1.29 is 19.0 Å². The standard InChI is InChI=1S/C17H19ClFN3O3.ClH/c1-10-6-15(17(23)24)22(21-10)9-12-8-20-4-5-25-16(12)11-2-3-13(18)14(19)7-11;/h2-3,6-7,12,16,20H,4-5,8-9H2,1H3,(H,23,24);1H/t12-,16-;/m0./s1. The van der Waals surface area contributed by atoms with Gasteiger partial charge in [-0.2, -0.15) is 5.10 Å². The molecule has 1 aliphatic heterocycles. The number of hydrogen-bond acceptors (Lipinski definition) is 4. The number of aryl methyl sites for hydroxylation is 1. The minimum Gasteiger partial charge on any atom is -0.477 e. The van der Waals surface area contributed by atoms with Gasteiger partial charge in [0.25, 0.3) is 0 Å². The summed E-state index contributed by atoms with van der Waals surface area (Å²) >= 11 is 5.77. The van der Waals surface area contributed by atoms with Crippen LogP contribution in [-0.4, -0.2) is 40.6 Å². The Balaban J connectivity index is 0.00000243. The molecular formula is C17H20Cl2FN3O3. The fraction of sp³-hybridized carbons (Fsp3) is 0.412. The number of benzene rings is 1. The van der Waals surface area contributed by atoms with Crippen molar-refractivity contribution in [3.8, 4) is 0 Å². The number of rotatable bonds is 4. The summed E-state index contributed by atoms with van der Waals surface area (Å²) in [5.41, 5.74) is 1.44. The van der Waals surface area contributed by atoms with Crippen LogP contribution in [0, 0.1) is 18.7 Å². The summed E-state index contributed by atoms with van der Waals surface area (Å²) in [6, 6.07) is 6.15. The van der Waals surface area contributed by atoms with Crippen LogP contribution in [0.3, 0.4) is 0 Å². The Morgan fingerprint density at radius 1 is 1.50 bits per heavy atom. The second-order valence-corrected chi connectivity index (χ2v) is 6.49. The SMILES string of the molecule is Cc1cc(C(=O)O)n(C[C@@H]2CNCCO[C@H]2c2ccc(Cl)c(F)c2)n1.Cl. The molecule has 0 saturated carbocycles. The monoisotopic (exact) mass is 403 g/mol. The summed E-state index contributed by atoms with van der Waals surface area (Å²) in [5.74, 6) is -1.64. The zero-order valence-electron chi connectivity index (χ0n) is 14.1. The smallest absolute Gasteiger partial charge is 0.354 e. The number of carboxylic acid groups (broad SMARTS) is 1. The van der Waals surface area contributed by atoms with Gasteiger partial charge in [0.15, 0.2) is 0 Å². The van der Waals surface area contributed by atoms with Crippen LogP contribution in [0.2, 0.25) is 5.02 Å². The first kappa shape index (κ1) is 20.6. The average molecular weight is 404 g/mol. The minimum atomic E-state index is -1.03. The van der Waals surface area contributed by atoms with E-state index < -0.39 is 11.8 Å². The van der Waals surface area contributed by atoms with Gasteiger partial charge >= 0.3 is 5.97 Å². The molecular weight excluding hydrogens is 384 g/mol. The summed E-state index contributed by atoms with van der Waals surface area (Å²) in [4.78, 5) is 11.4. The number of aromatic carboxylic acids is 1. The zero-order chi connectivity index (χ0) is 18.0. The number of halogens is 3. The molecule has 26 heavy (non-hydrogen) atoms. The third-order valence-electron chi connectivity index (χ3n) is 4.21. The maximum atomic E-state index is 13.9. The largest absolute Gasteiger partial charge is 0.477 e. The molecule has 2 heterocycles. The first-order valence-corrected chi connectivity index (χ1v) is 8.38. The number of nitrogens with zero attached hydrogens (tertiary/aromatic N) is 2. The van der Waals surface area contributed by atoms with Crippen molar-refractivity contribution in [1.82, 2.24) is 15.1 Å². The number of ether oxygens (including phenoxy) is 1. The van der Waals surface area contributed by atoms with Crippen molar-refractivity contribution >= 4 is 30.0 Å². The number of carbonyl (C=O) groups is 1. The number of carboxylic acids is 1. The Bertz CT molecular complexity index is 785. The highest BCUT2D eigenvalue weighted by Crippen LogP contribution is 2.31. The van der Waals surface area contributed by atoms with Crippen molar-refractivity contribution in [3.63, 3.8) is 0 Å². The van der Waals surface area contributed by atoms with Gasteiger partial charge in [-0.25, -0.2) is 9.18 Å². The maximum Gasteiger partial charge on any atom is 0.354 e. The molecule has 0 amide bonds. The molecule has 0 bridgehead atoms. The normalized spacial score (nSPS) is 20.3. The van der Waals surface area contributed by atoms with Crippen LogP contribution in [0.4, 0.5) is 4.39 Å². The Morgan fingerprint density at radius 3 is 2.96 bits per heavy atom. The third kappa shape index (κ3) is 4.54. The van der Waals surface area contributed by atoms with E-state index in [1.54, 1.807) is 13.0 Å². The molecule has 1 aromatic carbocycles. The highest BCUT2D eigenvalue weighted by Gasteiger charge is 2.29. The van der Waals surface area contributed by atoms with Gasteiger partial charge < -0.3 is 15.2 Å². The molecule has 142 valence electrons. The summed E-state index contributed by atoms with van der Waals surface area (Å²) < 4.78 is 21.2. The molecule has 1 aromatic heterocycles. The summed E-state index contributed by atoms with van der Waals surface area (Å²) in [5, 5.41) is 16.9. The highest BCUT2D eigenvalue weighted by atomic mass is 35.5. The fourth-order valence-corrected chi connectivity index (χ4v) is 3.20. The zero-order valence-corrected chi connectivity index (χ0v) is 15.7. The summed E-state index contributed by atoms with van der Waals surface area (Å²) in [6.45, 7) is 3.85. The van der Waals surface area contributed by atoms with Crippen molar-refractivity contribution in [1.29, 1.82) is 0 Å². The fourth-order valence-electron chi connectivity index (χ4n) is 3.09. The Kier molecular flexibility index (Phi) is 7.00. The Morgan fingerprint density at radius 2 is 2.27 bits per heavy atom. The van der Waals surface area contributed by atoms with E-state index in [1.165, 1.54) is 22.9 Å². The van der Waals surface area contributed by atoms with Gasteiger partial charge in [-0.05, 0) is 30.7 Å². The lowest BCUT2D eigenvalue weighted by molar-refractivity contribution is 0.0234. The van der Waals surface area contributed by atoms with Gasteiger partial charge in [0.1, 0.15) is 11.5 Å². The molecule has 3 rings (SSSR count). The first-order chi connectivity index (χ1) is 12.0. The molecule has 1 saturated heterocycles. The molecule has 2 aromatic rings. The van der Waals surface area contributed by atoms with Crippen LogP contribution in [0.15, 0.2) is 24.3 Å². The number of hydrogen-bond donors (Lipinski definition) is 2. The Hall–Kier alpha value is -1.67. The highest BCUT2D eigenvalue weighted by molar-refractivity contribution is 6.30. The van der Waals surface area contributed by atoms with Gasteiger partial charge in [0.2, 0.25) is 0 Å². The van der Waals surface area contributed by atoms with E-state index in [0.717, 1.165) is 0 Å².